The lowest BCUT2D eigenvalue weighted by Crippen LogP contribution is -2.53. The van der Waals surface area contributed by atoms with Gasteiger partial charge in [0.25, 0.3) is 11.6 Å². The average molecular weight is 381 g/mol. The van der Waals surface area contributed by atoms with Crippen LogP contribution in [-0.4, -0.2) is 54.0 Å². The second-order valence-electron chi connectivity index (χ2n) is 6.84. The summed E-state index contributed by atoms with van der Waals surface area (Å²) in [5.74, 6) is -0.629. The van der Waals surface area contributed by atoms with Crippen LogP contribution in [0.5, 0.6) is 0 Å². The molecule has 1 saturated heterocycles. The zero-order valence-electron chi connectivity index (χ0n) is 15.1. The number of rotatable bonds is 3. The van der Waals surface area contributed by atoms with Gasteiger partial charge in [-0.15, -0.1) is 0 Å². The minimum absolute atomic E-state index is 0.0527. The summed E-state index contributed by atoms with van der Waals surface area (Å²) in [6.07, 6.45) is -0.392. The van der Waals surface area contributed by atoms with E-state index in [0.717, 1.165) is 11.3 Å². The number of carbonyl (C=O) groups is 2. The number of carbonyl (C=O) groups excluding carboxylic acids is 2. The van der Waals surface area contributed by atoms with Crippen LogP contribution in [0, 0.1) is 10.1 Å². The van der Waals surface area contributed by atoms with Crippen LogP contribution < -0.4 is 4.90 Å². The van der Waals surface area contributed by atoms with Gasteiger partial charge in [-0.1, -0.05) is 18.2 Å². The summed E-state index contributed by atoms with van der Waals surface area (Å²) >= 11 is 0. The first-order valence-electron chi connectivity index (χ1n) is 9.10. The Morgan fingerprint density at radius 1 is 1.04 bits per heavy atom. The summed E-state index contributed by atoms with van der Waals surface area (Å²) in [6, 6.07) is 13.6. The predicted octanol–water partition coefficient (Wildman–Crippen LogP) is 2.03. The largest absolute Gasteiger partial charge is 0.448 e. The van der Waals surface area contributed by atoms with Gasteiger partial charge in [0.05, 0.1) is 10.5 Å². The molecule has 0 radical (unpaired) electrons. The molecular weight excluding hydrogens is 362 g/mol. The average Bonchev–Trinajstić information content (AvgIpc) is 2.73. The number of esters is 1. The highest BCUT2D eigenvalue weighted by molar-refractivity contribution is 5.95. The molecular formula is C20H19N3O5. The zero-order chi connectivity index (χ0) is 19.7. The number of fused-ring (bicyclic) bond motifs is 1. The van der Waals surface area contributed by atoms with Crippen LogP contribution in [0.25, 0.3) is 0 Å². The van der Waals surface area contributed by atoms with Gasteiger partial charge >= 0.3 is 5.97 Å². The van der Waals surface area contributed by atoms with Gasteiger partial charge in [-0.2, -0.15) is 0 Å². The van der Waals surface area contributed by atoms with Crippen molar-refractivity contribution in [1.82, 2.24) is 4.90 Å². The normalized spacial score (nSPS) is 19.0. The SMILES string of the molecule is O=C1OC(C(=O)N2CCN(c3ccc([N+](=O)[O-])cc3)CC2)Cc2ccccc21. The Labute approximate surface area is 161 Å². The highest BCUT2D eigenvalue weighted by Gasteiger charge is 2.34. The van der Waals surface area contributed by atoms with Crippen molar-refractivity contribution in [3.63, 3.8) is 0 Å². The summed E-state index contributed by atoms with van der Waals surface area (Å²) in [4.78, 5) is 39.1. The van der Waals surface area contributed by atoms with Gasteiger partial charge in [-0.3, -0.25) is 14.9 Å². The molecule has 2 aromatic carbocycles. The molecule has 2 aromatic rings. The lowest BCUT2D eigenvalue weighted by molar-refractivity contribution is -0.384. The number of non-ortho nitro benzene ring substituents is 1. The van der Waals surface area contributed by atoms with Crippen LogP contribution in [0.2, 0.25) is 0 Å². The Kier molecular flexibility index (Phi) is 4.68. The second kappa shape index (κ2) is 7.30. The summed E-state index contributed by atoms with van der Waals surface area (Å²) in [7, 11) is 0. The van der Waals surface area contributed by atoms with Crippen LogP contribution in [0.3, 0.4) is 0 Å². The molecule has 1 amide bonds. The monoisotopic (exact) mass is 381 g/mol. The van der Waals surface area contributed by atoms with Crippen molar-refractivity contribution >= 4 is 23.3 Å². The Balaban J connectivity index is 1.38. The highest BCUT2D eigenvalue weighted by atomic mass is 16.6. The molecule has 8 nitrogen and oxygen atoms in total. The maximum Gasteiger partial charge on any atom is 0.339 e. The molecule has 28 heavy (non-hydrogen) atoms. The number of nitrogens with zero attached hydrogens (tertiary/aromatic N) is 3. The summed E-state index contributed by atoms with van der Waals surface area (Å²) in [5.41, 5.74) is 2.30. The molecule has 2 aliphatic rings. The van der Waals surface area contributed by atoms with E-state index in [4.69, 9.17) is 4.74 Å². The molecule has 1 atom stereocenters. The Morgan fingerprint density at radius 2 is 1.71 bits per heavy atom. The summed E-state index contributed by atoms with van der Waals surface area (Å²) < 4.78 is 5.37. The number of ether oxygens (including phenoxy) is 1. The minimum Gasteiger partial charge on any atom is -0.448 e. The van der Waals surface area contributed by atoms with Gasteiger partial charge in [0.2, 0.25) is 0 Å². The van der Waals surface area contributed by atoms with Gasteiger partial charge in [0.1, 0.15) is 0 Å². The predicted molar refractivity (Wildman–Crippen MR) is 101 cm³/mol. The molecule has 144 valence electrons. The molecule has 0 aliphatic carbocycles. The number of piperazine rings is 1. The van der Waals surface area contributed by atoms with E-state index in [-0.39, 0.29) is 11.6 Å². The third-order valence-electron chi connectivity index (χ3n) is 5.18. The number of hydrogen-bond donors (Lipinski definition) is 0. The van der Waals surface area contributed by atoms with E-state index >= 15 is 0 Å². The van der Waals surface area contributed by atoms with Crippen molar-refractivity contribution in [3.8, 4) is 0 Å². The van der Waals surface area contributed by atoms with Gasteiger partial charge in [-0.05, 0) is 23.8 Å². The molecule has 0 aromatic heterocycles. The van der Waals surface area contributed by atoms with Gasteiger partial charge in [0.15, 0.2) is 6.10 Å². The van der Waals surface area contributed by atoms with E-state index in [9.17, 15) is 19.7 Å². The van der Waals surface area contributed by atoms with Gasteiger partial charge < -0.3 is 14.5 Å². The van der Waals surface area contributed by atoms with Crippen LogP contribution in [0.15, 0.2) is 48.5 Å². The molecule has 1 fully saturated rings. The zero-order valence-corrected chi connectivity index (χ0v) is 15.1. The quantitative estimate of drug-likeness (QED) is 0.459. The molecule has 8 heteroatoms. The maximum atomic E-state index is 12.8. The van der Waals surface area contributed by atoms with E-state index in [1.807, 2.05) is 12.1 Å². The van der Waals surface area contributed by atoms with E-state index in [1.165, 1.54) is 12.1 Å². The lowest BCUT2D eigenvalue weighted by atomic mass is 9.98. The number of hydrogen-bond acceptors (Lipinski definition) is 6. The molecule has 0 bridgehead atoms. The first-order chi connectivity index (χ1) is 13.5. The molecule has 0 saturated carbocycles. The third kappa shape index (κ3) is 3.40. The van der Waals surface area contributed by atoms with Crippen LogP contribution in [-0.2, 0) is 16.0 Å². The summed E-state index contributed by atoms with van der Waals surface area (Å²) in [5, 5.41) is 10.8. The molecule has 2 heterocycles. The van der Waals surface area contributed by atoms with Gasteiger partial charge in [-0.25, -0.2) is 4.79 Å². The van der Waals surface area contributed by atoms with Crippen molar-refractivity contribution in [2.24, 2.45) is 0 Å². The van der Waals surface area contributed by atoms with Crippen LogP contribution in [0.4, 0.5) is 11.4 Å². The lowest BCUT2D eigenvalue weighted by Gasteiger charge is -2.38. The van der Waals surface area contributed by atoms with Gasteiger partial charge in [0, 0.05) is 50.4 Å². The topological polar surface area (TPSA) is 93.0 Å². The fraction of sp³-hybridized carbons (Fsp3) is 0.300. The number of anilines is 1. The molecule has 4 rings (SSSR count). The van der Waals surface area contributed by atoms with E-state index in [1.54, 1.807) is 29.2 Å². The molecule has 2 aliphatic heterocycles. The fourth-order valence-corrected chi connectivity index (χ4v) is 3.64. The number of nitro benzene ring substituents is 1. The minimum atomic E-state index is -0.784. The number of amides is 1. The van der Waals surface area contributed by atoms with E-state index < -0.39 is 17.0 Å². The molecule has 0 N–H and O–H groups in total. The van der Waals surface area contributed by atoms with Crippen molar-refractivity contribution in [2.75, 3.05) is 31.1 Å². The standard InChI is InChI=1S/C20H19N3O5/c24-19(18-13-14-3-1-2-4-17(14)20(25)28-18)22-11-9-21(10-12-22)15-5-7-16(8-6-15)23(26)27/h1-8,18H,9-13H2. The van der Waals surface area contributed by atoms with Crippen molar-refractivity contribution in [1.29, 1.82) is 0 Å². The van der Waals surface area contributed by atoms with Crippen LogP contribution >= 0.6 is 0 Å². The Morgan fingerprint density at radius 3 is 2.39 bits per heavy atom. The van der Waals surface area contributed by atoms with Crippen molar-refractivity contribution in [3.05, 3.63) is 69.8 Å². The first kappa shape index (κ1) is 18.0. The first-order valence-corrected chi connectivity index (χ1v) is 9.10. The third-order valence-corrected chi connectivity index (χ3v) is 5.18. The van der Waals surface area contributed by atoms with Crippen molar-refractivity contribution < 1.29 is 19.2 Å². The molecule has 1 unspecified atom stereocenters. The molecule has 0 spiro atoms. The Bertz CT molecular complexity index is 920. The van der Waals surface area contributed by atoms with Crippen molar-refractivity contribution in [2.45, 2.75) is 12.5 Å². The van der Waals surface area contributed by atoms with E-state index in [2.05, 4.69) is 4.90 Å². The maximum absolute atomic E-state index is 12.8. The second-order valence-corrected chi connectivity index (χ2v) is 6.84. The fourth-order valence-electron chi connectivity index (χ4n) is 3.64. The van der Waals surface area contributed by atoms with Crippen LogP contribution in [0.1, 0.15) is 15.9 Å². The summed E-state index contributed by atoms with van der Waals surface area (Å²) in [6.45, 7) is 2.23. The smallest absolute Gasteiger partial charge is 0.339 e. The number of cyclic esters (lactones) is 1. The number of benzene rings is 2. The number of nitro groups is 1. The Hall–Kier alpha value is -3.42. The van der Waals surface area contributed by atoms with E-state index in [0.29, 0.717) is 38.2 Å². The highest BCUT2D eigenvalue weighted by Crippen LogP contribution is 2.24.